The molecule has 0 fully saturated rings. The van der Waals surface area contributed by atoms with Gasteiger partial charge >= 0.3 is 0 Å². The minimum atomic E-state index is 0.0986. The lowest BCUT2D eigenvalue weighted by Gasteiger charge is -2.10. The molecule has 2 N–H and O–H groups in total. The number of hydrogen-bond donors (Lipinski definition) is 1. The Morgan fingerprint density at radius 2 is 2.00 bits per heavy atom. The molecule has 4 heteroatoms. The summed E-state index contributed by atoms with van der Waals surface area (Å²) in [5, 5.41) is 2.06. The molecule has 96 valence electrons. The number of hydrogen-bond acceptors (Lipinski definition) is 3. The molecule has 2 nitrogen and oxygen atoms in total. The summed E-state index contributed by atoms with van der Waals surface area (Å²) in [4.78, 5) is 1.23. The zero-order valence-electron chi connectivity index (χ0n) is 10.2. The number of rotatable bonds is 5. The first-order valence-corrected chi connectivity index (χ1v) is 7.49. The van der Waals surface area contributed by atoms with E-state index in [0.717, 1.165) is 23.1 Å². The fraction of sp³-hybridized carbons (Fsp3) is 0.286. The summed E-state index contributed by atoms with van der Waals surface area (Å²) in [6, 6.07) is 10.3. The largest absolute Gasteiger partial charge is 0.497 e. The van der Waals surface area contributed by atoms with E-state index in [4.69, 9.17) is 10.5 Å². The normalized spacial score (nSPS) is 12.4. The van der Waals surface area contributed by atoms with Gasteiger partial charge < -0.3 is 10.5 Å². The first kappa shape index (κ1) is 13.6. The predicted octanol–water partition coefficient (Wildman–Crippen LogP) is 4.15. The molecule has 0 radical (unpaired) electrons. The van der Waals surface area contributed by atoms with Crippen molar-refractivity contribution >= 4 is 27.3 Å². The lowest BCUT2D eigenvalue weighted by Crippen LogP contribution is -2.10. The molecule has 2 rings (SSSR count). The molecule has 0 spiro atoms. The van der Waals surface area contributed by atoms with E-state index in [1.165, 1.54) is 10.4 Å². The number of aryl methyl sites for hydroxylation is 1. The summed E-state index contributed by atoms with van der Waals surface area (Å²) < 4.78 is 6.26. The van der Waals surface area contributed by atoms with Crippen molar-refractivity contribution in [1.29, 1.82) is 0 Å². The van der Waals surface area contributed by atoms with E-state index < -0.39 is 0 Å². The maximum absolute atomic E-state index is 6.20. The van der Waals surface area contributed by atoms with Gasteiger partial charge in [0.1, 0.15) is 5.75 Å². The van der Waals surface area contributed by atoms with Crippen LogP contribution in [-0.2, 0) is 6.42 Å². The van der Waals surface area contributed by atoms with E-state index in [2.05, 4.69) is 33.4 Å². The molecule has 0 saturated heterocycles. The third kappa shape index (κ3) is 3.34. The highest BCUT2D eigenvalue weighted by atomic mass is 79.9. The number of ether oxygens (including phenoxy) is 1. The predicted molar refractivity (Wildman–Crippen MR) is 80.3 cm³/mol. The van der Waals surface area contributed by atoms with Crippen LogP contribution >= 0.6 is 27.3 Å². The van der Waals surface area contributed by atoms with Crippen LogP contribution in [0.3, 0.4) is 0 Å². The first-order valence-electron chi connectivity index (χ1n) is 5.82. The molecule has 1 aromatic carbocycles. The standard InChI is InChI=1S/C14H16BrNOS/c1-17-11-5-2-10(3-6-11)4-7-13(16)14-12(15)8-9-18-14/h2-3,5-6,8-9,13H,4,7,16H2,1H3. The highest BCUT2D eigenvalue weighted by Crippen LogP contribution is 2.30. The number of benzene rings is 1. The minimum absolute atomic E-state index is 0.0986. The molecule has 18 heavy (non-hydrogen) atoms. The van der Waals surface area contributed by atoms with Crippen LogP contribution in [0.2, 0.25) is 0 Å². The summed E-state index contributed by atoms with van der Waals surface area (Å²) in [7, 11) is 1.68. The Bertz CT molecular complexity index is 495. The average molecular weight is 326 g/mol. The van der Waals surface area contributed by atoms with Crippen molar-refractivity contribution in [2.24, 2.45) is 5.73 Å². The highest BCUT2D eigenvalue weighted by Gasteiger charge is 2.11. The third-order valence-electron chi connectivity index (χ3n) is 2.88. The molecule has 1 aromatic heterocycles. The fourth-order valence-corrected chi connectivity index (χ4v) is 3.52. The Balaban J connectivity index is 1.93. The van der Waals surface area contributed by atoms with Crippen LogP contribution in [0.5, 0.6) is 5.75 Å². The molecular weight excluding hydrogens is 310 g/mol. The second-order valence-electron chi connectivity index (χ2n) is 4.13. The van der Waals surface area contributed by atoms with Crippen LogP contribution in [-0.4, -0.2) is 7.11 Å². The van der Waals surface area contributed by atoms with Crippen molar-refractivity contribution < 1.29 is 4.74 Å². The van der Waals surface area contributed by atoms with Crippen LogP contribution in [0, 0.1) is 0 Å². The van der Waals surface area contributed by atoms with Gasteiger partial charge in [0.15, 0.2) is 0 Å². The zero-order valence-corrected chi connectivity index (χ0v) is 12.6. The van der Waals surface area contributed by atoms with Gasteiger partial charge in [-0.1, -0.05) is 12.1 Å². The zero-order chi connectivity index (χ0) is 13.0. The van der Waals surface area contributed by atoms with Gasteiger partial charge in [-0.15, -0.1) is 11.3 Å². The second kappa shape index (κ2) is 6.36. The van der Waals surface area contributed by atoms with Crippen molar-refractivity contribution in [3.63, 3.8) is 0 Å². The monoisotopic (exact) mass is 325 g/mol. The smallest absolute Gasteiger partial charge is 0.118 e. The summed E-state index contributed by atoms with van der Waals surface area (Å²) in [5.74, 6) is 0.893. The van der Waals surface area contributed by atoms with Crippen LogP contribution < -0.4 is 10.5 Å². The molecule has 2 aromatic rings. The van der Waals surface area contributed by atoms with E-state index in [-0.39, 0.29) is 6.04 Å². The Hall–Kier alpha value is -0.840. The molecule has 0 bridgehead atoms. The van der Waals surface area contributed by atoms with Crippen molar-refractivity contribution in [2.45, 2.75) is 18.9 Å². The molecule has 1 unspecified atom stereocenters. The summed E-state index contributed by atoms with van der Waals surface area (Å²) in [5.41, 5.74) is 7.49. The minimum Gasteiger partial charge on any atom is -0.497 e. The number of nitrogens with two attached hydrogens (primary N) is 1. The summed E-state index contributed by atoms with van der Waals surface area (Å²) >= 11 is 5.23. The van der Waals surface area contributed by atoms with E-state index in [1.807, 2.05) is 18.2 Å². The van der Waals surface area contributed by atoms with E-state index >= 15 is 0 Å². The number of thiophene rings is 1. The van der Waals surface area contributed by atoms with Gasteiger partial charge in [0.05, 0.1) is 7.11 Å². The molecule has 1 heterocycles. The molecule has 0 aliphatic carbocycles. The van der Waals surface area contributed by atoms with Crippen molar-refractivity contribution in [3.05, 3.63) is 50.6 Å². The fourth-order valence-electron chi connectivity index (χ4n) is 1.82. The van der Waals surface area contributed by atoms with Crippen LogP contribution in [0.25, 0.3) is 0 Å². The van der Waals surface area contributed by atoms with Gasteiger partial charge in [-0.05, 0) is 57.9 Å². The lowest BCUT2D eigenvalue weighted by molar-refractivity contribution is 0.414. The molecular formula is C14H16BrNOS. The number of methoxy groups -OCH3 is 1. The quantitative estimate of drug-likeness (QED) is 0.896. The van der Waals surface area contributed by atoms with Crippen molar-refractivity contribution in [1.82, 2.24) is 0 Å². The molecule has 0 saturated carbocycles. The average Bonchev–Trinajstić information content (AvgIpc) is 2.83. The highest BCUT2D eigenvalue weighted by molar-refractivity contribution is 9.10. The Morgan fingerprint density at radius 3 is 2.56 bits per heavy atom. The van der Waals surface area contributed by atoms with Gasteiger partial charge in [0, 0.05) is 15.4 Å². The van der Waals surface area contributed by atoms with E-state index in [9.17, 15) is 0 Å². The van der Waals surface area contributed by atoms with E-state index in [1.54, 1.807) is 18.4 Å². The SMILES string of the molecule is COc1ccc(CCC(N)c2sccc2Br)cc1. The van der Waals surface area contributed by atoms with Crippen LogP contribution in [0.4, 0.5) is 0 Å². The molecule has 1 atom stereocenters. The van der Waals surface area contributed by atoms with Gasteiger partial charge in [-0.3, -0.25) is 0 Å². The van der Waals surface area contributed by atoms with Crippen LogP contribution in [0.1, 0.15) is 22.9 Å². The maximum atomic E-state index is 6.20. The molecule has 0 aliphatic heterocycles. The van der Waals surface area contributed by atoms with Gasteiger partial charge in [0.2, 0.25) is 0 Å². The first-order chi connectivity index (χ1) is 8.70. The summed E-state index contributed by atoms with van der Waals surface area (Å²) in [6.45, 7) is 0. The lowest BCUT2D eigenvalue weighted by atomic mass is 10.0. The Labute approximate surface area is 120 Å². The third-order valence-corrected chi connectivity index (χ3v) is 4.89. The maximum Gasteiger partial charge on any atom is 0.118 e. The molecule has 0 aliphatic rings. The van der Waals surface area contributed by atoms with Gasteiger partial charge in [0.25, 0.3) is 0 Å². The van der Waals surface area contributed by atoms with Gasteiger partial charge in [-0.25, -0.2) is 0 Å². The Kier molecular flexibility index (Phi) is 4.80. The van der Waals surface area contributed by atoms with Crippen LogP contribution in [0.15, 0.2) is 40.2 Å². The topological polar surface area (TPSA) is 35.2 Å². The number of halogens is 1. The second-order valence-corrected chi connectivity index (χ2v) is 5.93. The Morgan fingerprint density at radius 1 is 1.28 bits per heavy atom. The van der Waals surface area contributed by atoms with Crippen molar-refractivity contribution in [3.8, 4) is 5.75 Å². The molecule has 0 amide bonds. The van der Waals surface area contributed by atoms with Crippen molar-refractivity contribution in [2.75, 3.05) is 7.11 Å². The van der Waals surface area contributed by atoms with Gasteiger partial charge in [-0.2, -0.15) is 0 Å². The summed E-state index contributed by atoms with van der Waals surface area (Å²) in [6.07, 6.45) is 1.93. The van der Waals surface area contributed by atoms with E-state index in [0.29, 0.717) is 0 Å².